The zero-order valence-electron chi connectivity index (χ0n) is 8.40. The van der Waals surface area contributed by atoms with Crippen molar-refractivity contribution in [1.29, 1.82) is 0 Å². The number of rotatable bonds is 3. The number of nitrogens with zero attached hydrogens (tertiary/aromatic N) is 2. The normalized spacial score (nSPS) is 12.2. The number of anilines is 1. The third-order valence-electron chi connectivity index (χ3n) is 1.70. The van der Waals surface area contributed by atoms with Crippen LogP contribution in [0, 0.1) is 13.8 Å². The molecule has 0 aromatic carbocycles. The average molecular weight is 195 g/mol. The van der Waals surface area contributed by atoms with Crippen molar-refractivity contribution in [2.45, 2.75) is 26.8 Å². The monoisotopic (exact) mass is 195 g/mol. The molecule has 1 rings (SSSR count). The summed E-state index contributed by atoms with van der Waals surface area (Å²) in [5.74, 6) is -0.565. The Hall–Kier alpha value is -1.65. The molecular formula is C9H13N3O2. The summed E-state index contributed by atoms with van der Waals surface area (Å²) in [6.45, 7) is 5.22. The molecule has 1 atom stereocenters. The summed E-state index contributed by atoms with van der Waals surface area (Å²) in [6.07, 6.45) is 0. The molecule has 76 valence electrons. The lowest BCUT2D eigenvalue weighted by atomic mass is 10.3. The predicted octanol–water partition coefficient (Wildman–Crippen LogP) is 0.978. The average Bonchev–Trinajstić information content (AvgIpc) is 2.01. The van der Waals surface area contributed by atoms with E-state index < -0.39 is 12.0 Å². The van der Waals surface area contributed by atoms with E-state index in [0.717, 1.165) is 11.4 Å². The van der Waals surface area contributed by atoms with Crippen molar-refractivity contribution in [3.05, 3.63) is 17.5 Å². The van der Waals surface area contributed by atoms with E-state index >= 15 is 0 Å². The first-order valence-electron chi connectivity index (χ1n) is 4.30. The second-order valence-electron chi connectivity index (χ2n) is 3.18. The van der Waals surface area contributed by atoms with Gasteiger partial charge in [0.2, 0.25) is 5.95 Å². The molecule has 0 amide bonds. The van der Waals surface area contributed by atoms with Gasteiger partial charge in [0, 0.05) is 11.4 Å². The van der Waals surface area contributed by atoms with Gasteiger partial charge >= 0.3 is 5.97 Å². The maximum atomic E-state index is 10.6. The molecule has 0 aliphatic heterocycles. The zero-order chi connectivity index (χ0) is 10.7. The van der Waals surface area contributed by atoms with Crippen LogP contribution in [-0.2, 0) is 4.79 Å². The number of carboxylic acid groups (broad SMARTS) is 1. The van der Waals surface area contributed by atoms with Gasteiger partial charge in [-0.1, -0.05) is 0 Å². The number of aromatic nitrogens is 2. The Kier molecular flexibility index (Phi) is 3.01. The third-order valence-corrected chi connectivity index (χ3v) is 1.70. The van der Waals surface area contributed by atoms with Crippen molar-refractivity contribution >= 4 is 11.9 Å². The fourth-order valence-electron chi connectivity index (χ4n) is 1.05. The minimum atomic E-state index is -0.923. The molecule has 0 aliphatic carbocycles. The lowest BCUT2D eigenvalue weighted by molar-refractivity contribution is -0.137. The molecule has 0 saturated heterocycles. The van der Waals surface area contributed by atoms with Gasteiger partial charge in [0.1, 0.15) is 6.04 Å². The molecule has 0 spiro atoms. The van der Waals surface area contributed by atoms with Gasteiger partial charge in [0.05, 0.1) is 0 Å². The molecule has 0 saturated carbocycles. The van der Waals surface area contributed by atoms with Crippen LogP contribution in [0.15, 0.2) is 6.07 Å². The molecule has 0 bridgehead atoms. The summed E-state index contributed by atoms with van der Waals surface area (Å²) in [5, 5.41) is 11.4. The summed E-state index contributed by atoms with van der Waals surface area (Å²) in [4.78, 5) is 18.7. The van der Waals surface area contributed by atoms with E-state index in [9.17, 15) is 4.79 Å². The Labute approximate surface area is 82.2 Å². The van der Waals surface area contributed by atoms with Gasteiger partial charge in [0.15, 0.2) is 0 Å². The number of aliphatic carboxylic acids is 1. The minimum Gasteiger partial charge on any atom is -0.480 e. The molecule has 0 fully saturated rings. The van der Waals surface area contributed by atoms with Crippen molar-refractivity contribution in [2.24, 2.45) is 0 Å². The SMILES string of the molecule is Cc1cc(C)nc(N[C@@H](C)C(=O)O)n1. The number of nitrogens with one attached hydrogen (secondary N) is 1. The van der Waals surface area contributed by atoms with Gasteiger partial charge in [-0.2, -0.15) is 0 Å². The van der Waals surface area contributed by atoms with Crippen molar-refractivity contribution < 1.29 is 9.90 Å². The Bertz CT molecular complexity index is 332. The van der Waals surface area contributed by atoms with Crippen LogP contribution in [0.25, 0.3) is 0 Å². The molecule has 2 N–H and O–H groups in total. The summed E-state index contributed by atoms with van der Waals surface area (Å²) in [5.41, 5.74) is 1.63. The quantitative estimate of drug-likeness (QED) is 0.751. The highest BCUT2D eigenvalue weighted by Gasteiger charge is 2.11. The highest BCUT2D eigenvalue weighted by Crippen LogP contribution is 2.04. The van der Waals surface area contributed by atoms with Gasteiger partial charge < -0.3 is 10.4 Å². The first-order valence-corrected chi connectivity index (χ1v) is 4.30. The largest absolute Gasteiger partial charge is 0.480 e. The standard InChI is InChI=1S/C9H13N3O2/c1-5-4-6(2)11-9(10-5)12-7(3)8(13)14/h4,7H,1-3H3,(H,13,14)(H,10,11,12)/t7-/m0/s1. The molecule has 0 aliphatic rings. The summed E-state index contributed by atoms with van der Waals surface area (Å²) >= 11 is 0. The molecule has 5 heteroatoms. The van der Waals surface area contributed by atoms with E-state index in [1.165, 1.54) is 0 Å². The topological polar surface area (TPSA) is 75.1 Å². The van der Waals surface area contributed by atoms with Crippen LogP contribution >= 0.6 is 0 Å². The fraction of sp³-hybridized carbons (Fsp3) is 0.444. The molecule has 1 heterocycles. The summed E-state index contributed by atoms with van der Waals surface area (Å²) < 4.78 is 0. The number of hydrogen-bond acceptors (Lipinski definition) is 4. The van der Waals surface area contributed by atoms with Crippen LogP contribution in [0.2, 0.25) is 0 Å². The van der Waals surface area contributed by atoms with Crippen LogP contribution in [0.4, 0.5) is 5.95 Å². The lowest BCUT2D eigenvalue weighted by Crippen LogP contribution is -2.26. The number of carbonyl (C=O) groups is 1. The molecule has 0 unspecified atom stereocenters. The van der Waals surface area contributed by atoms with E-state index in [2.05, 4.69) is 15.3 Å². The molecule has 1 aromatic heterocycles. The van der Waals surface area contributed by atoms with Gasteiger partial charge in [0.25, 0.3) is 0 Å². The van der Waals surface area contributed by atoms with Crippen molar-refractivity contribution in [2.75, 3.05) is 5.32 Å². The van der Waals surface area contributed by atoms with Gasteiger partial charge in [-0.05, 0) is 26.8 Å². The van der Waals surface area contributed by atoms with Crippen molar-refractivity contribution in [1.82, 2.24) is 9.97 Å². The van der Waals surface area contributed by atoms with Crippen molar-refractivity contribution in [3.8, 4) is 0 Å². The zero-order valence-corrected chi connectivity index (χ0v) is 8.40. The maximum absolute atomic E-state index is 10.6. The smallest absolute Gasteiger partial charge is 0.325 e. The highest BCUT2D eigenvalue weighted by atomic mass is 16.4. The van der Waals surface area contributed by atoms with Gasteiger partial charge in [-0.25, -0.2) is 9.97 Å². The van der Waals surface area contributed by atoms with E-state index in [1.54, 1.807) is 6.92 Å². The molecule has 5 nitrogen and oxygen atoms in total. The summed E-state index contributed by atoms with van der Waals surface area (Å²) in [7, 11) is 0. The van der Waals surface area contributed by atoms with Crippen LogP contribution in [0.1, 0.15) is 18.3 Å². The van der Waals surface area contributed by atoms with Crippen LogP contribution < -0.4 is 5.32 Å². The molecule has 1 aromatic rings. The number of hydrogen-bond donors (Lipinski definition) is 2. The second-order valence-corrected chi connectivity index (χ2v) is 3.18. The molecule has 14 heavy (non-hydrogen) atoms. The van der Waals surface area contributed by atoms with E-state index in [-0.39, 0.29) is 0 Å². The van der Waals surface area contributed by atoms with Gasteiger partial charge in [-0.3, -0.25) is 4.79 Å². The van der Waals surface area contributed by atoms with Crippen LogP contribution in [0.3, 0.4) is 0 Å². The highest BCUT2D eigenvalue weighted by molar-refractivity contribution is 5.75. The first kappa shape index (κ1) is 10.4. The van der Waals surface area contributed by atoms with Crippen LogP contribution in [0.5, 0.6) is 0 Å². The minimum absolute atomic E-state index is 0.359. The lowest BCUT2D eigenvalue weighted by Gasteiger charge is -2.09. The van der Waals surface area contributed by atoms with Crippen LogP contribution in [-0.4, -0.2) is 27.1 Å². The predicted molar refractivity (Wildman–Crippen MR) is 52.2 cm³/mol. The van der Waals surface area contributed by atoms with E-state index in [1.807, 2.05) is 19.9 Å². The second kappa shape index (κ2) is 4.04. The Balaban J connectivity index is 2.81. The molecule has 0 radical (unpaired) electrons. The third kappa shape index (κ3) is 2.69. The Morgan fingerprint density at radius 1 is 1.43 bits per heavy atom. The maximum Gasteiger partial charge on any atom is 0.325 e. The van der Waals surface area contributed by atoms with Crippen molar-refractivity contribution in [3.63, 3.8) is 0 Å². The summed E-state index contributed by atoms with van der Waals surface area (Å²) in [6, 6.07) is 1.15. The van der Waals surface area contributed by atoms with Gasteiger partial charge in [-0.15, -0.1) is 0 Å². The Morgan fingerprint density at radius 3 is 2.36 bits per heavy atom. The Morgan fingerprint density at radius 2 is 1.93 bits per heavy atom. The molecular weight excluding hydrogens is 182 g/mol. The fourth-order valence-corrected chi connectivity index (χ4v) is 1.05. The van der Waals surface area contributed by atoms with E-state index in [4.69, 9.17) is 5.11 Å². The first-order chi connectivity index (χ1) is 6.49. The number of carboxylic acids is 1. The number of aryl methyl sites for hydroxylation is 2. The van der Waals surface area contributed by atoms with E-state index in [0.29, 0.717) is 5.95 Å².